The van der Waals surface area contributed by atoms with Crippen molar-refractivity contribution in [2.45, 2.75) is 18.9 Å². The number of aromatic nitrogens is 1. The van der Waals surface area contributed by atoms with E-state index in [0.29, 0.717) is 6.04 Å². The zero-order valence-electron chi connectivity index (χ0n) is 11.9. The fourth-order valence-corrected chi connectivity index (χ4v) is 3.23. The van der Waals surface area contributed by atoms with Gasteiger partial charge < -0.3 is 10.2 Å². The summed E-state index contributed by atoms with van der Waals surface area (Å²) in [5.74, 6) is 0.859. The minimum absolute atomic E-state index is 0.616. The molecule has 0 spiro atoms. The Bertz CT molecular complexity index is 606. The number of likely N-dealkylation sites (N-methyl/N-ethyl adjacent to an activating group) is 1. The number of nitrogens with zero attached hydrogens (tertiary/aromatic N) is 2. The Balaban J connectivity index is 1.82. The minimum atomic E-state index is 0.616. The smallest absolute Gasteiger partial charge is 0.0864 e. The molecular formula is C16H20BrN3. The van der Waals surface area contributed by atoms with E-state index < -0.39 is 0 Å². The Morgan fingerprint density at radius 1 is 1.35 bits per heavy atom. The van der Waals surface area contributed by atoms with Crippen LogP contribution in [0.15, 0.2) is 34.9 Å². The van der Waals surface area contributed by atoms with Gasteiger partial charge >= 0.3 is 0 Å². The third-order valence-corrected chi connectivity index (χ3v) is 4.69. The molecule has 106 valence electrons. The molecule has 0 aliphatic heterocycles. The number of hydrogen-bond donors (Lipinski definition) is 1. The van der Waals surface area contributed by atoms with Gasteiger partial charge in [-0.1, -0.05) is 12.1 Å². The van der Waals surface area contributed by atoms with Crippen molar-refractivity contribution in [2.75, 3.05) is 26.0 Å². The number of rotatable bonds is 5. The lowest BCUT2D eigenvalue weighted by Gasteiger charge is -2.25. The number of hydrogen-bond acceptors (Lipinski definition) is 3. The summed E-state index contributed by atoms with van der Waals surface area (Å²) in [5, 5.41) is 4.79. The Hall–Kier alpha value is -1.13. The SMILES string of the molecule is CN(C)C(CNc1ccnc2c(Br)cccc12)C1CC1. The van der Waals surface area contributed by atoms with E-state index in [4.69, 9.17) is 0 Å². The lowest BCUT2D eigenvalue weighted by atomic mass is 10.1. The van der Waals surface area contributed by atoms with E-state index in [9.17, 15) is 0 Å². The molecule has 1 atom stereocenters. The maximum absolute atomic E-state index is 4.45. The van der Waals surface area contributed by atoms with Crippen LogP contribution in [0.4, 0.5) is 5.69 Å². The number of halogens is 1. The first-order valence-electron chi connectivity index (χ1n) is 7.10. The molecule has 1 saturated carbocycles. The molecule has 3 nitrogen and oxygen atoms in total. The zero-order chi connectivity index (χ0) is 14.1. The van der Waals surface area contributed by atoms with Crippen LogP contribution in [0.3, 0.4) is 0 Å². The zero-order valence-corrected chi connectivity index (χ0v) is 13.5. The molecule has 0 saturated heterocycles. The second-order valence-corrected chi connectivity index (χ2v) is 6.60. The first-order valence-corrected chi connectivity index (χ1v) is 7.89. The lowest BCUT2D eigenvalue weighted by molar-refractivity contribution is 0.276. The molecule has 0 bridgehead atoms. The number of anilines is 1. The molecule has 1 N–H and O–H groups in total. The third-order valence-electron chi connectivity index (χ3n) is 4.05. The average molecular weight is 334 g/mol. The van der Waals surface area contributed by atoms with Crippen LogP contribution >= 0.6 is 15.9 Å². The van der Waals surface area contributed by atoms with E-state index in [2.05, 4.69) is 63.4 Å². The number of benzene rings is 1. The highest BCUT2D eigenvalue weighted by Crippen LogP contribution is 2.35. The molecule has 4 heteroatoms. The topological polar surface area (TPSA) is 28.2 Å². The van der Waals surface area contributed by atoms with Crippen LogP contribution < -0.4 is 5.32 Å². The van der Waals surface area contributed by atoms with Gasteiger partial charge in [-0.15, -0.1) is 0 Å². The predicted molar refractivity (Wildman–Crippen MR) is 88.1 cm³/mol. The number of pyridine rings is 1. The van der Waals surface area contributed by atoms with Crippen LogP contribution in [-0.2, 0) is 0 Å². The highest BCUT2D eigenvalue weighted by molar-refractivity contribution is 9.10. The van der Waals surface area contributed by atoms with Crippen molar-refractivity contribution >= 4 is 32.5 Å². The van der Waals surface area contributed by atoms with Gasteiger partial charge in [0, 0.05) is 34.3 Å². The van der Waals surface area contributed by atoms with Gasteiger partial charge in [0.2, 0.25) is 0 Å². The standard InChI is InChI=1S/C16H20BrN3/c1-20(2)15(11-6-7-11)10-19-14-8-9-18-16-12(14)4-3-5-13(16)17/h3-5,8-9,11,15H,6-7,10H2,1-2H3,(H,18,19). The maximum Gasteiger partial charge on any atom is 0.0864 e. The van der Waals surface area contributed by atoms with Crippen LogP contribution in [-0.4, -0.2) is 36.6 Å². The highest BCUT2D eigenvalue weighted by atomic mass is 79.9. The van der Waals surface area contributed by atoms with E-state index >= 15 is 0 Å². The molecule has 1 aliphatic carbocycles. The van der Waals surface area contributed by atoms with Crippen molar-refractivity contribution in [3.8, 4) is 0 Å². The summed E-state index contributed by atoms with van der Waals surface area (Å²) in [6.45, 7) is 0.989. The molecule has 1 aromatic heterocycles. The van der Waals surface area contributed by atoms with Gasteiger partial charge in [0.05, 0.1) is 5.52 Å². The molecule has 2 aromatic rings. The molecular weight excluding hydrogens is 314 g/mol. The van der Waals surface area contributed by atoms with E-state index in [0.717, 1.165) is 22.5 Å². The summed E-state index contributed by atoms with van der Waals surface area (Å²) in [6, 6.07) is 8.89. The summed E-state index contributed by atoms with van der Waals surface area (Å²) >= 11 is 3.57. The summed E-state index contributed by atoms with van der Waals surface area (Å²) < 4.78 is 1.05. The Morgan fingerprint density at radius 2 is 2.15 bits per heavy atom. The Morgan fingerprint density at radius 3 is 2.85 bits per heavy atom. The number of nitrogens with one attached hydrogen (secondary N) is 1. The van der Waals surface area contributed by atoms with Crippen molar-refractivity contribution in [2.24, 2.45) is 5.92 Å². The van der Waals surface area contributed by atoms with Gasteiger partial charge in [-0.05, 0) is 60.9 Å². The first kappa shape index (κ1) is 13.8. The summed E-state index contributed by atoms with van der Waals surface area (Å²) in [5.41, 5.74) is 2.19. The van der Waals surface area contributed by atoms with Crippen molar-refractivity contribution in [3.63, 3.8) is 0 Å². The van der Waals surface area contributed by atoms with Crippen LogP contribution in [0, 0.1) is 5.92 Å². The second-order valence-electron chi connectivity index (χ2n) is 5.74. The van der Waals surface area contributed by atoms with E-state index in [-0.39, 0.29) is 0 Å². The van der Waals surface area contributed by atoms with Crippen molar-refractivity contribution < 1.29 is 0 Å². The van der Waals surface area contributed by atoms with Gasteiger partial charge in [0.1, 0.15) is 0 Å². The second kappa shape index (κ2) is 5.70. The molecule has 0 radical (unpaired) electrons. The highest BCUT2D eigenvalue weighted by Gasteiger charge is 2.32. The van der Waals surface area contributed by atoms with Crippen LogP contribution in [0.2, 0.25) is 0 Å². The number of para-hydroxylation sites is 1. The maximum atomic E-state index is 4.45. The Labute approximate surface area is 128 Å². The fraction of sp³-hybridized carbons (Fsp3) is 0.438. The molecule has 1 unspecified atom stereocenters. The average Bonchev–Trinajstić information content (AvgIpc) is 3.24. The molecule has 1 aromatic carbocycles. The molecule has 1 fully saturated rings. The monoisotopic (exact) mass is 333 g/mol. The normalized spacial score (nSPS) is 16.6. The lowest BCUT2D eigenvalue weighted by Crippen LogP contribution is -2.36. The van der Waals surface area contributed by atoms with E-state index in [1.807, 2.05) is 12.3 Å². The molecule has 1 heterocycles. The molecule has 3 rings (SSSR count). The number of fused-ring (bicyclic) bond motifs is 1. The van der Waals surface area contributed by atoms with Gasteiger partial charge in [-0.3, -0.25) is 4.98 Å². The van der Waals surface area contributed by atoms with Crippen molar-refractivity contribution in [1.29, 1.82) is 0 Å². The molecule has 20 heavy (non-hydrogen) atoms. The van der Waals surface area contributed by atoms with Gasteiger partial charge in [0.25, 0.3) is 0 Å². The van der Waals surface area contributed by atoms with E-state index in [1.54, 1.807) is 0 Å². The quantitative estimate of drug-likeness (QED) is 0.903. The largest absolute Gasteiger partial charge is 0.383 e. The molecule has 1 aliphatic rings. The summed E-state index contributed by atoms with van der Waals surface area (Å²) in [6.07, 6.45) is 4.61. The van der Waals surface area contributed by atoms with Crippen LogP contribution in [0.5, 0.6) is 0 Å². The molecule has 0 amide bonds. The van der Waals surface area contributed by atoms with Crippen LogP contribution in [0.25, 0.3) is 10.9 Å². The van der Waals surface area contributed by atoms with Gasteiger partial charge in [-0.2, -0.15) is 0 Å². The summed E-state index contributed by atoms with van der Waals surface area (Å²) in [7, 11) is 4.35. The van der Waals surface area contributed by atoms with Crippen molar-refractivity contribution in [1.82, 2.24) is 9.88 Å². The minimum Gasteiger partial charge on any atom is -0.383 e. The summed E-state index contributed by atoms with van der Waals surface area (Å²) in [4.78, 5) is 6.79. The van der Waals surface area contributed by atoms with Crippen molar-refractivity contribution in [3.05, 3.63) is 34.9 Å². The van der Waals surface area contributed by atoms with Gasteiger partial charge in [0.15, 0.2) is 0 Å². The fourth-order valence-electron chi connectivity index (χ4n) is 2.76. The predicted octanol–water partition coefficient (Wildman–Crippen LogP) is 3.75. The Kier molecular flexibility index (Phi) is 3.94. The van der Waals surface area contributed by atoms with E-state index in [1.165, 1.54) is 23.9 Å². The van der Waals surface area contributed by atoms with Gasteiger partial charge in [-0.25, -0.2) is 0 Å². The first-order chi connectivity index (χ1) is 9.66. The third kappa shape index (κ3) is 2.81. The van der Waals surface area contributed by atoms with Crippen LogP contribution in [0.1, 0.15) is 12.8 Å².